The molecule has 21 heavy (non-hydrogen) atoms. The van der Waals surface area contributed by atoms with Gasteiger partial charge in [-0.25, -0.2) is 0 Å². The number of aromatic nitrogens is 4. The van der Waals surface area contributed by atoms with Gasteiger partial charge in [-0.1, -0.05) is 18.5 Å². The van der Waals surface area contributed by atoms with Gasteiger partial charge in [-0.05, 0) is 32.3 Å². The van der Waals surface area contributed by atoms with Crippen molar-refractivity contribution in [2.75, 3.05) is 0 Å². The summed E-state index contributed by atoms with van der Waals surface area (Å²) in [6.45, 7) is 6.50. The lowest BCUT2D eigenvalue weighted by molar-refractivity contribution is 0.566. The summed E-state index contributed by atoms with van der Waals surface area (Å²) < 4.78 is 3.92. The summed E-state index contributed by atoms with van der Waals surface area (Å²) in [6.07, 6.45) is 5.46. The Morgan fingerprint density at radius 3 is 2.81 bits per heavy atom. The Bertz CT molecular complexity index is 612. The number of aryl methyl sites for hydroxylation is 2. The van der Waals surface area contributed by atoms with Gasteiger partial charge in [0.1, 0.15) is 0 Å². The van der Waals surface area contributed by atoms with Crippen LogP contribution in [0.15, 0.2) is 12.3 Å². The maximum absolute atomic E-state index is 6.44. The standard InChI is InChI=1S/C15H22ClN5/c1-3-13-15(16)14(21(4-2)19-13)10-20-8-7-12(18-20)9-17-11-5-6-11/h7-8,11,17H,3-6,9-10H2,1-2H3. The predicted octanol–water partition coefficient (Wildman–Crippen LogP) is 2.62. The molecule has 0 spiro atoms. The molecule has 0 unspecified atom stereocenters. The van der Waals surface area contributed by atoms with Crippen LogP contribution in [0.5, 0.6) is 0 Å². The Balaban J connectivity index is 1.71. The maximum atomic E-state index is 6.44. The van der Waals surface area contributed by atoms with E-state index in [-0.39, 0.29) is 0 Å². The molecule has 0 radical (unpaired) electrons. The molecule has 0 bridgehead atoms. The highest BCUT2D eigenvalue weighted by Crippen LogP contribution is 2.22. The number of halogens is 1. The summed E-state index contributed by atoms with van der Waals surface area (Å²) in [5.74, 6) is 0. The highest BCUT2D eigenvalue weighted by molar-refractivity contribution is 6.31. The average molecular weight is 308 g/mol. The SMILES string of the molecule is CCc1nn(CC)c(Cn2ccc(CNC3CC3)n2)c1Cl. The fraction of sp³-hybridized carbons (Fsp3) is 0.600. The highest BCUT2D eigenvalue weighted by Gasteiger charge is 2.20. The van der Waals surface area contributed by atoms with Gasteiger partial charge in [-0.3, -0.25) is 9.36 Å². The van der Waals surface area contributed by atoms with E-state index >= 15 is 0 Å². The molecule has 0 amide bonds. The van der Waals surface area contributed by atoms with Crippen LogP contribution < -0.4 is 5.32 Å². The molecule has 1 N–H and O–H groups in total. The van der Waals surface area contributed by atoms with Crippen molar-refractivity contribution >= 4 is 11.6 Å². The molecular weight excluding hydrogens is 286 g/mol. The zero-order valence-electron chi connectivity index (χ0n) is 12.6. The van der Waals surface area contributed by atoms with Crippen molar-refractivity contribution in [1.29, 1.82) is 0 Å². The fourth-order valence-corrected chi connectivity index (χ4v) is 2.77. The van der Waals surface area contributed by atoms with E-state index in [1.165, 1.54) is 12.8 Å². The fourth-order valence-electron chi connectivity index (χ4n) is 2.44. The Hall–Kier alpha value is -1.33. The van der Waals surface area contributed by atoms with Crippen LogP contribution in [0.1, 0.15) is 43.8 Å². The van der Waals surface area contributed by atoms with E-state index in [1.54, 1.807) is 0 Å². The highest BCUT2D eigenvalue weighted by atomic mass is 35.5. The second kappa shape index (κ2) is 6.20. The summed E-state index contributed by atoms with van der Waals surface area (Å²) in [7, 11) is 0. The van der Waals surface area contributed by atoms with E-state index < -0.39 is 0 Å². The van der Waals surface area contributed by atoms with Gasteiger partial charge in [-0.2, -0.15) is 10.2 Å². The Kier molecular flexibility index (Phi) is 4.31. The van der Waals surface area contributed by atoms with Crippen LogP contribution in [-0.4, -0.2) is 25.6 Å². The number of hydrogen-bond donors (Lipinski definition) is 1. The first kappa shape index (κ1) is 14.6. The van der Waals surface area contributed by atoms with Crippen LogP contribution in [-0.2, 0) is 26.1 Å². The molecule has 0 saturated heterocycles. The number of rotatable bonds is 7. The molecule has 114 valence electrons. The Morgan fingerprint density at radius 1 is 1.33 bits per heavy atom. The minimum Gasteiger partial charge on any atom is -0.308 e. The van der Waals surface area contributed by atoms with Crippen molar-refractivity contribution in [3.63, 3.8) is 0 Å². The molecular formula is C15H22ClN5. The molecule has 1 fully saturated rings. The zero-order valence-corrected chi connectivity index (χ0v) is 13.4. The first-order valence-corrected chi connectivity index (χ1v) is 8.08. The van der Waals surface area contributed by atoms with Gasteiger partial charge in [0, 0.05) is 25.3 Å². The number of nitrogens with zero attached hydrogens (tertiary/aromatic N) is 4. The molecule has 6 heteroatoms. The summed E-state index contributed by atoms with van der Waals surface area (Å²) in [5.41, 5.74) is 3.09. The minimum absolute atomic E-state index is 0.670. The first-order chi connectivity index (χ1) is 10.2. The molecule has 3 rings (SSSR count). The van der Waals surface area contributed by atoms with Crippen molar-refractivity contribution in [2.45, 2.75) is 58.8 Å². The lowest BCUT2D eigenvalue weighted by Gasteiger charge is -2.05. The molecule has 0 atom stereocenters. The van der Waals surface area contributed by atoms with Crippen molar-refractivity contribution in [3.8, 4) is 0 Å². The van der Waals surface area contributed by atoms with Gasteiger partial charge in [0.05, 0.1) is 28.6 Å². The quantitative estimate of drug-likeness (QED) is 0.855. The molecule has 0 aliphatic heterocycles. The average Bonchev–Trinajstić information content (AvgIpc) is 3.14. The van der Waals surface area contributed by atoms with E-state index in [1.807, 2.05) is 15.6 Å². The zero-order chi connectivity index (χ0) is 14.8. The van der Waals surface area contributed by atoms with E-state index in [0.717, 1.165) is 41.6 Å². The van der Waals surface area contributed by atoms with Crippen LogP contribution in [0, 0.1) is 0 Å². The van der Waals surface area contributed by atoms with Crippen LogP contribution in [0.2, 0.25) is 5.02 Å². The van der Waals surface area contributed by atoms with E-state index in [0.29, 0.717) is 12.6 Å². The topological polar surface area (TPSA) is 47.7 Å². The minimum atomic E-state index is 0.670. The third kappa shape index (κ3) is 3.30. The van der Waals surface area contributed by atoms with Crippen molar-refractivity contribution < 1.29 is 0 Å². The summed E-state index contributed by atoms with van der Waals surface area (Å²) in [4.78, 5) is 0. The molecule has 1 aliphatic rings. The van der Waals surface area contributed by atoms with Gasteiger partial charge >= 0.3 is 0 Å². The van der Waals surface area contributed by atoms with E-state index in [2.05, 4.69) is 35.4 Å². The number of nitrogens with one attached hydrogen (secondary N) is 1. The summed E-state index contributed by atoms with van der Waals surface area (Å²) in [6, 6.07) is 2.77. The molecule has 2 aromatic heterocycles. The van der Waals surface area contributed by atoms with Gasteiger partial charge in [-0.15, -0.1) is 0 Å². The smallest absolute Gasteiger partial charge is 0.0869 e. The van der Waals surface area contributed by atoms with E-state index in [4.69, 9.17) is 11.6 Å². The van der Waals surface area contributed by atoms with E-state index in [9.17, 15) is 0 Å². The Morgan fingerprint density at radius 2 is 2.14 bits per heavy atom. The van der Waals surface area contributed by atoms with Gasteiger partial charge in [0.2, 0.25) is 0 Å². The van der Waals surface area contributed by atoms with Crippen LogP contribution >= 0.6 is 11.6 Å². The molecule has 0 aromatic carbocycles. The summed E-state index contributed by atoms with van der Waals surface area (Å²) >= 11 is 6.44. The normalized spacial score (nSPS) is 14.8. The van der Waals surface area contributed by atoms with Crippen molar-refractivity contribution in [2.24, 2.45) is 0 Å². The van der Waals surface area contributed by atoms with Gasteiger partial charge < -0.3 is 5.32 Å². The first-order valence-electron chi connectivity index (χ1n) is 7.71. The maximum Gasteiger partial charge on any atom is 0.0869 e. The molecule has 2 aromatic rings. The van der Waals surface area contributed by atoms with Gasteiger partial charge in [0.15, 0.2) is 0 Å². The van der Waals surface area contributed by atoms with Crippen LogP contribution in [0.4, 0.5) is 0 Å². The second-order valence-electron chi connectivity index (χ2n) is 5.54. The van der Waals surface area contributed by atoms with Gasteiger partial charge in [0.25, 0.3) is 0 Å². The third-order valence-corrected chi connectivity index (χ3v) is 4.29. The lowest BCUT2D eigenvalue weighted by Crippen LogP contribution is -2.16. The summed E-state index contributed by atoms with van der Waals surface area (Å²) in [5, 5.41) is 13.4. The predicted molar refractivity (Wildman–Crippen MR) is 83.5 cm³/mol. The van der Waals surface area contributed by atoms with Crippen molar-refractivity contribution in [3.05, 3.63) is 34.4 Å². The third-order valence-electron chi connectivity index (χ3n) is 3.85. The Labute approximate surface area is 130 Å². The largest absolute Gasteiger partial charge is 0.308 e. The van der Waals surface area contributed by atoms with Crippen LogP contribution in [0.3, 0.4) is 0 Å². The molecule has 1 saturated carbocycles. The van der Waals surface area contributed by atoms with Crippen molar-refractivity contribution in [1.82, 2.24) is 24.9 Å². The molecule has 2 heterocycles. The molecule has 1 aliphatic carbocycles. The van der Waals surface area contributed by atoms with Crippen LogP contribution in [0.25, 0.3) is 0 Å². The second-order valence-corrected chi connectivity index (χ2v) is 5.91. The number of hydrogen-bond acceptors (Lipinski definition) is 3. The monoisotopic (exact) mass is 307 g/mol. The molecule has 5 nitrogen and oxygen atoms in total. The lowest BCUT2D eigenvalue weighted by atomic mass is 10.3.